The summed E-state index contributed by atoms with van der Waals surface area (Å²) in [4.78, 5) is 97.4. The van der Waals surface area contributed by atoms with Gasteiger partial charge in [0, 0.05) is 69.9 Å². The van der Waals surface area contributed by atoms with Gasteiger partial charge < -0.3 is 49.3 Å². The van der Waals surface area contributed by atoms with Gasteiger partial charge in [0.25, 0.3) is 17.7 Å². The van der Waals surface area contributed by atoms with Gasteiger partial charge >= 0.3 is 0 Å². The minimum atomic E-state index is -0.689. The fourth-order valence-corrected chi connectivity index (χ4v) is 10.3. The average molecular weight is 1110 g/mol. The molecule has 5 aromatic heterocycles. The van der Waals surface area contributed by atoms with E-state index in [-0.39, 0.29) is 67.7 Å². The van der Waals surface area contributed by atoms with Crippen LogP contribution in [0.4, 0.5) is 11.9 Å². The highest BCUT2D eigenvalue weighted by Crippen LogP contribution is 2.34. The maximum absolute atomic E-state index is 14.0. The highest BCUT2D eigenvalue weighted by atomic mass is 16.6. The summed E-state index contributed by atoms with van der Waals surface area (Å²) in [5.41, 5.74) is 15.6. The number of nitrogens with zero attached hydrogens (tertiary/aromatic N) is 14. The van der Waals surface area contributed by atoms with Crippen LogP contribution >= 0.6 is 0 Å². The number of nitrogens with one attached hydrogen (secondary N) is 2. The number of imidazole rings is 2. The van der Waals surface area contributed by atoms with Crippen LogP contribution in [0.2, 0.25) is 0 Å². The highest BCUT2D eigenvalue weighted by Gasteiger charge is 2.31. The molecule has 2 aliphatic rings. The van der Waals surface area contributed by atoms with Crippen LogP contribution in [-0.2, 0) is 53.7 Å². The van der Waals surface area contributed by atoms with Crippen LogP contribution in [0.1, 0.15) is 104 Å². The van der Waals surface area contributed by atoms with Crippen molar-refractivity contribution in [1.82, 2.24) is 68.1 Å². The number of fused-ring (bicyclic) bond motifs is 3. The van der Waals surface area contributed by atoms with Gasteiger partial charge in [0.1, 0.15) is 46.4 Å². The van der Waals surface area contributed by atoms with Gasteiger partial charge in [-0.3, -0.25) is 53.6 Å². The quantitative estimate of drug-likeness (QED) is 0.0349. The van der Waals surface area contributed by atoms with Gasteiger partial charge in [0.05, 0.1) is 49.2 Å². The molecule has 81 heavy (non-hydrogen) atoms. The molecular formula is C53H67N19O9. The molecule has 0 spiro atoms. The summed E-state index contributed by atoms with van der Waals surface area (Å²) in [6, 6.07) is 9.55. The second-order valence-electron chi connectivity index (χ2n) is 19.9. The van der Waals surface area contributed by atoms with Crippen molar-refractivity contribution in [2.45, 2.75) is 92.1 Å². The van der Waals surface area contributed by atoms with Crippen molar-refractivity contribution in [3.8, 4) is 11.5 Å². The number of aromatic nitrogens is 11. The molecule has 1 fully saturated rings. The smallest absolute Gasteiger partial charge is 0.276 e. The van der Waals surface area contributed by atoms with E-state index in [4.69, 9.17) is 36.8 Å². The van der Waals surface area contributed by atoms with Gasteiger partial charge in [-0.1, -0.05) is 12.2 Å². The number of rotatable bonds is 23. The lowest BCUT2D eigenvalue weighted by Gasteiger charge is -2.33. The van der Waals surface area contributed by atoms with Crippen LogP contribution in [0, 0.1) is 13.8 Å². The number of anilines is 2. The number of amides is 6. The molecule has 7 aromatic rings. The van der Waals surface area contributed by atoms with Gasteiger partial charge in [0.15, 0.2) is 5.82 Å². The predicted octanol–water partition coefficient (Wildman–Crippen LogP) is 2.33. The fraction of sp³-hybridized carbons (Fsp3) is 0.434. The van der Waals surface area contributed by atoms with Crippen LogP contribution in [0.15, 0.2) is 48.6 Å². The number of benzene rings is 2. The first-order valence-corrected chi connectivity index (χ1v) is 26.7. The van der Waals surface area contributed by atoms with E-state index in [9.17, 15) is 28.8 Å². The molecule has 0 atom stereocenters. The van der Waals surface area contributed by atoms with Crippen molar-refractivity contribution < 1.29 is 43.1 Å². The van der Waals surface area contributed by atoms with E-state index >= 15 is 0 Å². The number of nitrogens with two attached hydrogens (primary N) is 3. The molecule has 0 radical (unpaired) electrons. The maximum atomic E-state index is 14.0. The third-order valence-electron chi connectivity index (χ3n) is 14.4. The van der Waals surface area contributed by atoms with Crippen molar-refractivity contribution in [1.29, 1.82) is 0 Å². The van der Waals surface area contributed by atoms with Crippen molar-refractivity contribution >= 4 is 69.4 Å². The molecule has 28 heteroatoms. The Bertz CT molecular complexity index is 3560. The van der Waals surface area contributed by atoms with Crippen LogP contribution in [0.25, 0.3) is 22.1 Å². The van der Waals surface area contributed by atoms with Crippen LogP contribution < -0.4 is 37.5 Å². The summed E-state index contributed by atoms with van der Waals surface area (Å²) in [7, 11) is 2.99. The second kappa shape index (κ2) is 24.6. The molecule has 7 heterocycles. The number of aryl methyl sites for hydroxylation is 4. The molecule has 2 aromatic carbocycles. The minimum absolute atomic E-state index is 0.0961. The van der Waals surface area contributed by atoms with E-state index in [0.717, 1.165) is 38.3 Å². The van der Waals surface area contributed by atoms with Crippen molar-refractivity contribution in [3.05, 3.63) is 94.1 Å². The van der Waals surface area contributed by atoms with E-state index in [1.165, 1.54) is 31.2 Å². The Balaban J connectivity index is 0.927. The predicted molar refractivity (Wildman–Crippen MR) is 295 cm³/mol. The monoisotopic (exact) mass is 1110 g/mol. The molecular weight excluding hydrogens is 1050 g/mol. The maximum Gasteiger partial charge on any atom is 0.276 e. The molecule has 2 aliphatic heterocycles. The van der Waals surface area contributed by atoms with Gasteiger partial charge in [-0.15, -0.1) is 10.2 Å². The highest BCUT2D eigenvalue weighted by molar-refractivity contribution is 6.05. The number of likely N-dealkylation sites (tertiary alicyclic amines) is 1. The van der Waals surface area contributed by atoms with E-state index in [2.05, 4.69) is 45.3 Å². The van der Waals surface area contributed by atoms with E-state index in [1.807, 2.05) is 26.0 Å². The number of methoxy groups -OCH3 is 1. The number of ether oxygens (including phenoxy) is 2. The van der Waals surface area contributed by atoms with Gasteiger partial charge in [-0.2, -0.15) is 10.2 Å². The first-order valence-electron chi connectivity index (χ1n) is 26.7. The number of carbonyl (C=O) groups is 6. The zero-order valence-corrected chi connectivity index (χ0v) is 46.2. The summed E-state index contributed by atoms with van der Waals surface area (Å²) in [5.74, 6) is 4.92. The normalized spacial score (nSPS) is 14.0. The average Bonchev–Trinajstić information content (AvgIpc) is 4.51. The number of likely N-dealkylation sites (N-methyl/N-ethyl adjacent to an activating group) is 1. The SMILES string of the molecule is CCn1nc(C)cc1C(=O)Nc1nc2cc(C(N)=O)cc(OC)c2n1C/C=C/Cn1c(NC(=O)c2cc(C)nn2CC)nc2cc(C(N)=O)cc(OCCCN3CCC(c4nnc5n4CCN(C(=O)CN(C)C(=O)CON)C5)CC3)c21. The Kier molecular flexibility index (Phi) is 17.2. The zero-order chi connectivity index (χ0) is 57.6. The van der Waals surface area contributed by atoms with Crippen LogP contribution in [0.3, 0.4) is 0 Å². The molecule has 1 saturated heterocycles. The minimum Gasteiger partial charge on any atom is -0.494 e. The molecule has 9 rings (SSSR count). The molecule has 6 amide bonds. The number of hydrogen-bond acceptors (Lipinski definition) is 17. The summed E-state index contributed by atoms with van der Waals surface area (Å²) in [6.07, 6.45) is 6.05. The lowest BCUT2D eigenvalue weighted by atomic mass is 9.95. The first-order chi connectivity index (χ1) is 39.0. The van der Waals surface area contributed by atoms with Crippen molar-refractivity contribution in [2.24, 2.45) is 17.4 Å². The third-order valence-corrected chi connectivity index (χ3v) is 14.4. The molecule has 0 unspecified atom stereocenters. The van der Waals surface area contributed by atoms with Gasteiger partial charge in [-0.25, -0.2) is 15.9 Å². The number of primary amides is 2. The Hall–Kier alpha value is -9.02. The fourth-order valence-electron chi connectivity index (χ4n) is 10.3. The first kappa shape index (κ1) is 56.7. The van der Waals surface area contributed by atoms with Crippen molar-refractivity contribution in [2.75, 3.05) is 70.7 Å². The molecule has 8 N–H and O–H groups in total. The number of hydrogen-bond donors (Lipinski definition) is 5. The summed E-state index contributed by atoms with van der Waals surface area (Å²) in [6.45, 7) is 12.1. The Morgan fingerprint density at radius 3 is 1.84 bits per heavy atom. The lowest BCUT2D eigenvalue weighted by molar-refractivity contribution is -0.142. The molecule has 0 bridgehead atoms. The van der Waals surface area contributed by atoms with E-state index in [0.29, 0.717) is 101 Å². The molecule has 428 valence electrons. The summed E-state index contributed by atoms with van der Waals surface area (Å²) < 4.78 is 21.1. The second-order valence-corrected chi connectivity index (χ2v) is 19.9. The summed E-state index contributed by atoms with van der Waals surface area (Å²) in [5, 5.41) is 23.8. The van der Waals surface area contributed by atoms with Crippen molar-refractivity contribution in [3.63, 3.8) is 0 Å². The summed E-state index contributed by atoms with van der Waals surface area (Å²) >= 11 is 0. The standard InChI is InChI=1S/C53H67N19O9/c1-7-71-38(22-31(3)63-71)50(77)59-52-57-36-24-34(47(54)75)26-40(79-6)45(36)69(52)15-9-10-16-70-46-37(58-53(70)60-51(78)39-23-32(4)64-72(39)8-2)25-35(48(55)76)27-41(46)80-21-11-14-66-17-12-33(13-18-66)49-62-61-42-28-67(19-20-68(42)49)43(73)29-65(5)44(74)30-81-56/h9-10,22-27,33H,7-8,11-21,28-30,56H2,1-6H3,(H2,54,75)(H2,55,76)(H,57,59,77)(H,58,60,78)/b10-9+. The van der Waals surface area contributed by atoms with Gasteiger partial charge in [0.2, 0.25) is 29.6 Å². The molecule has 28 nitrogen and oxygen atoms in total. The van der Waals surface area contributed by atoms with Crippen LogP contribution in [-0.4, -0.2) is 164 Å². The van der Waals surface area contributed by atoms with E-state index < -0.39 is 29.5 Å². The Labute approximate surface area is 465 Å². The Morgan fingerprint density at radius 2 is 1.31 bits per heavy atom. The number of carbonyl (C=O) groups excluding carboxylic acids is 6. The zero-order valence-electron chi connectivity index (χ0n) is 46.2. The largest absolute Gasteiger partial charge is 0.494 e. The number of allylic oxidation sites excluding steroid dienone is 2. The third kappa shape index (κ3) is 12.3. The van der Waals surface area contributed by atoms with Crippen LogP contribution in [0.5, 0.6) is 11.5 Å². The van der Waals surface area contributed by atoms with Gasteiger partial charge in [-0.05, 0) is 96.4 Å². The Morgan fingerprint density at radius 1 is 0.753 bits per heavy atom. The topological polar surface area (TPSA) is 344 Å². The lowest BCUT2D eigenvalue weighted by Crippen LogP contribution is -2.45. The molecule has 0 saturated carbocycles. The number of piperidine rings is 1. The van der Waals surface area contributed by atoms with E-state index in [1.54, 1.807) is 61.5 Å². The molecule has 0 aliphatic carbocycles.